The van der Waals surface area contributed by atoms with Crippen LogP contribution in [0.1, 0.15) is 32.8 Å². The van der Waals surface area contributed by atoms with Gasteiger partial charge in [0.1, 0.15) is 0 Å². The predicted molar refractivity (Wildman–Crippen MR) is 109 cm³/mol. The summed E-state index contributed by atoms with van der Waals surface area (Å²) in [7, 11) is 1.48. The fourth-order valence-corrected chi connectivity index (χ4v) is 4.64. The van der Waals surface area contributed by atoms with Gasteiger partial charge in [-0.3, -0.25) is 14.6 Å². The standard InChI is InChI=1S/C22H34FN3O2/c1-16-11-17(2)14-26(13-16)22(27)18(3)25-9-7-24(8-10-25)15-19-5-6-21(28-4)20(23)12-19/h5-6,12,16-18H,7-11,13-15H2,1-4H3. The molecule has 0 N–H and O–H groups in total. The van der Waals surface area contributed by atoms with Crippen molar-refractivity contribution in [1.29, 1.82) is 0 Å². The van der Waals surface area contributed by atoms with Crippen LogP contribution in [0.4, 0.5) is 4.39 Å². The van der Waals surface area contributed by atoms with E-state index < -0.39 is 0 Å². The van der Waals surface area contributed by atoms with Gasteiger partial charge < -0.3 is 9.64 Å². The van der Waals surface area contributed by atoms with Gasteiger partial charge in [0.05, 0.1) is 13.2 Å². The van der Waals surface area contributed by atoms with E-state index in [0.29, 0.717) is 11.8 Å². The maximum Gasteiger partial charge on any atom is 0.239 e. The van der Waals surface area contributed by atoms with Crippen molar-refractivity contribution in [2.24, 2.45) is 11.8 Å². The normalized spacial score (nSPS) is 25.5. The zero-order valence-electron chi connectivity index (χ0n) is 17.7. The molecule has 0 aromatic heterocycles. The number of likely N-dealkylation sites (tertiary alicyclic amines) is 1. The molecule has 0 aliphatic carbocycles. The Hall–Kier alpha value is -1.66. The molecule has 2 saturated heterocycles. The number of benzene rings is 1. The van der Waals surface area contributed by atoms with Crippen LogP contribution in [0.5, 0.6) is 5.75 Å². The van der Waals surface area contributed by atoms with Crippen molar-refractivity contribution in [3.63, 3.8) is 0 Å². The Morgan fingerprint density at radius 1 is 1.18 bits per heavy atom. The quantitative estimate of drug-likeness (QED) is 0.773. The first-order chi connectivity index (χ1) is 13.4. The zero-order valence-corrected chi connectivity index (χ0v) is 17.7. The van der Waals surface area contributed by atoms with E-state index in [0.717, 1.165) is 51.4 Å². The minimum Gasteiger partial charge on any atom is -0.494 e. The summed E-state index contributed by atoms with van der Waals surface area (Å²) in [6.45, 7) is 12.5. The van der Waals surface area contributed by atoms with Crippen molar-refractivity contribution < 1.29 is 13.9 Å². The summed E-state index contributed by atoms with van der Waals surface area (Å²) in [5, 5.41) is 0. The number of amides is 1. The SMILES string of the molecule is COc1ccc(CN2CCN(C(C)C(=O)N3CC(C)CC(C)C3)CC2)cc1F. The van der Waals surface area contributed by atoms with E-state index in [9.17, 15) is 9.18 Å². The van der Waals surface area contributed by atoms with E-state index in [1.807, 2.05) is 13.0 Å². The number of carbonyl (C=O) groups is 1. The van der Waals surface area contributed by atoms with Gasteiger partial charge in [-0.05, 0) is 42.9 Å². The van der Waals surface area contributed by atoms with Gasteiger partial charge in [0.15, 0.2) is 11.6 Å². The van der Waals surface area contributed by atoms with Crippen molar-refractivity contribution >= 4 is 5.91 Å². The second kappa shape index (κ2) is 9.23. The Morgan fingerprint density at radius 3 is 2.39 bits per heavy atom. The number of piperazine rings is 1. The molecular weight excluding hydrogens is 357 g/mol. The highest BCUT2D eigenvalue weighted by atomic mass is 19.1. The highest BCUT2D eigenvalue weighted by Crippen LogP contribution is 2.23. The molecule has 2 heterocycles. The van der Waals surface area contributed by atoms with Crippen LogP contribution in [0, 0.1) is 17.7 Å². The molecule has 0 saturated carbocycles. The van der Waals surface area contributed by atoms with Crippen LogP contribution in [0.2, 0.25) is 0 Å². The molecule has 1 amide bonds. The smallest absolute Gasteiger partial charge is 0.239 e. The van der Waals surface area contributed by atoms with Crippen LogP contribution in [0.3, 0.4) is 0 Å². The van der Waals surface area contributed by atoms with Gasteiger partial charge in [0.2, 0.25) is 5.91 Å². The molecule has 156 valence electrons. The van der Waals surface area contributed by atoms with E-state index in [1.54, 1.807) is 12.1 Å². The molecule has 0 bridgehead atoms. The number of ether oxygens (including phenoxy) is 1. The topological polar surface area (TPSA) is 36.0 Å². The Balaban J connectivity index is 1.50. The van der Waals surface area contributed by atoms with E-state index in [1.165, 1.54) is 13.5 Å². The van der Waals surface area contributed by atoms with Gasteiger partial charge in [-0.25, -0.2) is 4.39 Å². The molecule has 2 aliphatic heterocycles. The Kier molecular flexibility index (Phi) is 6.94. The van der Waals surface area contributed by atoms with Crippen LogP contribution < -0.4 is 4.74 Å². The molecule has 2 fully saturated rings. The Labute approximate surface area is 168 Å². The van der Waals surface area contributed by atoms with Gasteiger partial charge in [-0.1, -0.05) is 19.9 Å². The van der Waals surface area contributed by atoms with Crippen molar-refractivity contribution in [2.45, 2.75) is 39.8 Å². The van der Waals surface area contributed by atoms with Crippen LogP contribution in [-0.2, 0) is 11.3 Å². The largest absolute Gasteiger partial charge is 0.494 e. The first-order valence-corrected chi connectivity index (χ1v) is 10.4. The lowest BCUT2D eigenvalue weighted by atomic mass is 9.91. The number of methoxy groups -OCH3 is 1. The monoisotopic (exact) mass is 391 g/mol. The first kappa shape index (κ1) is 21.1. The lowest BCUT2D eigenvalue weighted by Crippen LogP contribution is -2.56. The average molecular weight is 392 g/mol. The molecule has 6 heteroatoms. The second-order valence-electron chi connectivity index (χ2n) is 8.65. The minimum atomic E-state index is -0.317. The fraction of sp³-hybridized carbons (Fsp3) is 0.682. The molecule has 1 aromatic carbocycles. The van der Waals surface area contributed by atoms with Crippen LogP contribution >= 0.6 is 0 Å². The molecule has 1 aromatic rings. The van der Waals surface area contributed by atoms with Crippen molar-refractivity contribution in [3.05, 3.63) is 29.6 Å². The van der Waals surface area contributed by atoms with E-state index in [-0.39, 0.29) is 23.5 Å². The third kappa shape index (κ3) is 5.03. The molecule has 3 unspecified atom stereocenters. The van der Waals surface area contributed by atoms with Gasteiger partial charge in [0.25, 0.3) is 0 Å². The van der Waals surface area contributed by atoms with E-state index >= 15 is 0 Å². The number of halogens is 1. The maximum absolute atomic E-state index is 13.9. The van der Waals surface area contributed by atoms with E-state index in [4.69, 9.17) is 4.74 Å². The summed E-state index contributed by atoms with van der Waals surface area (Å²) in [5.74, 6) is 1.40. The van der Waals surface area contributed by atoms with Crippen LogP contribution in [-0.4, -0.2) is 73.0 Å². The highest BCUT2D eigenvalue weighted by molar-refractivity contribution is 5.81. The van der Waals surface area contributed by atoms with Crippen molar-refractivity contribution in [2.75, 3.05) is 46.4 Å². The Bertz CT molecular complexity index is 666. The third-order valence-electron chi connectivity index (χ3n) is 6.11. The lowest BCUT2D eigenvalue weighted by molar-refractivity contribution is -0.139. The maximum atomic E-state index is 13.9. The molecule has 2 aliphatic rings. The fourth-order valence-electron chi connectivity index (χ4n) is 4.64. The summed E-state index contributed by atoms with van der Waals surface area (Å²) < 4.78 is 18.9. The third-order valence-corrected chi connectivity index (χ3v) is 6.11. The number of piperidine rings is 1. The van der Waals surface area contributed by atoms with Crippen molar-refractivity contribution in [1.82, 2.24) is 14.7 Å². The number of rotatable bonds is 5. The minimum absolute atomic E-state index is 0.0712. The summed E-state index contributed by atoms with van der Waals surface area (Å²) >= 11 is 0. The Morgan fingerprint density at radius 2 is 1.82 bits per heavy atom. The number of nitrogens with zero attached hydrogens (tertiary/aromatic N) is 3. The average Bonchev–Trinajstić information content (AvgIpc) is 2.67. The summed E-state index contributed by atoms with van der Waals surface area (Å²) in [5.41, 5.74) is 0.951. The lowest BCUT2D eigenvalue weighted by Gasteiger charge is -2.41. The molecule has 3 rings (SSSR count). The molecule has 3 atom stereocenters. The number of hydrogen-bond donors (Lipinski definition) is 0. The molecule has 0 radical (unpaired) electrons. The zero-order chi connectivity index (χ0) is 20.3. The molecule has 28 heavy (non-hydrogen) atoms. The van der Waals surface area contributed by atoms with Gasteiger partial charge >= 0.3 is 0 Å². The number of carbonyl (C=O) groups excluding carboxylic acids is 1. The molecule has 5 nitrogen and oxygen atoms in total. The van der Waals surface area contributed by atoms with Crippen LogP contribution in [0.15, 0.2) is 18.2 Å². The van der Waals surface area contributed by atoms with E-state index in [2.05, 4.69) is 28.5 Å². The van der Waals surface area contributed by atoms with Crippen molar-refractivity contribution in [3.8, 4) is 5.75 Å². The van der Waals surface area contributed by atoms with Gasteiger partial charge in [-0.15, -0.1) is 0 Å². The second-order valence-corrected chi connectivity index (χ2v) is 8.65. The predicted octanol–water partition coefficient (Wildman–Crippen LogP) is 2.84. The molecular formula is C22H34FN3O2. The first-order valence-electron chi connectivity index (χ1n) is 10.4. The summed E-state index contributed by atoms with van der Waals surface area (Å²) in [6, 6.07) is 5.08. The summed E-state index contributed by atoms with van der Waals surface area (Å²) in [4.78, 5) is 19.6. The van der Waals surface area contributed by atoms with Gasteiger partial charge in [0, 0.05) is 45.8 Å². The van der Waals surface area contributed by atoms with Crippen LogP contribution in [0.25, 0.3) is 0 Å². The molecule has 0 spiro atoms. The van der Waals surface area contributed by atoms with Gasteiger partial charge in [-0.2, -0.15) is 0 Å². The number of hydrogen-bond acceptors (Lipinski definition) is 4. The summed E-state index contributed by atoms with van der Waals surface area (Å²) in [6.07, 6.45) is 1.21. The highest BCUT2D eigenvalue weighted by Gasteiger charge is 2.32.